The highest BCUT2D eigenvalue weighted by Gasteiger charge is 2.17. The van der Waals surface area contributed by atoms with Crippen molar-refractivity contribution in [1.29, 1.82) is 0 Å². The Kier molecular flexibility index (Phi) is 6.49. The zero-order chi connectivity index (χ0) is 20.1. The van der Waals surface area contributed by atoms with Crippen molar-refractivity contribution in [2.75, 3.05) is 24.3 Å². The third kappa shape index (κ3) is 5.21. The van der Waals surface area contributed by atoms with E-state index in [0.717, 1.165) is 11.3 Å². The van der Waals surface area contributed by atoms with Gasteiger partial charge in [0.15, 0.2) is 0 Å². The Balaban J connectivity index is 1.77. The van der Waals surface area contributed by atoms with Crippen molar-refractivity contribution in [3.8, 4) is 0 Å². The van der Waals surface area contributed by atoms with E-state index >= 15 is 0 Å². The van der Waals surface area contributed by atoms with E-state index in [-0.39, 0.29) is 6.03 Å². The van der Waals surface area contributed by atoms with E-state index in [1.807, 2.05) is 49.3 Å². The molecule has 2 amide bonds. The minimum atomic E-state index is -0.258. The zero-order valence-electron chi connectivity index (χ0n) is 15.7. The van der Waals surface area contributed by atoms with Crippen LogP contribution in [0, 0.1) is 0 Å². The van der Waals surface area contributed by atoms with Crippen LogP contribution in [0.2, 0.25) is 10.0 Å². The lowest BCUT2D eigenvalue weighted by Gasteiger charge is -2.23. The molecule has 1 N–H and O–H groups in total. The summed E-state index contributed by atoms with van der Waals surface area (Å²) < 4.78 is 5.42. The van der Waals surface area contributed by atoms with Gasteiger partial charge in [-0.2, -0.15) is 0 Å². The first-order valence-corrected chi connectivity index (χ1v) is 9.47. The maximum absolute atomic E-state index is 12.9. The van der Waals surface area contributed by atoms with Crippen molar-refractivity contribution >= 4 is 40.6 Å². The first-order valence-electron chi connectivity index (χ1n) is 8.72. The summed E-state index contributed by atoms with van der Waals surface area (Å²) in [6, 6.07) is 16.4. The van der Waals surface area contributed by atoms with Crippen molar-refractivity contribution in [3.63, 3.8) is 0 Å². The molecule has 0 saturated heterocycles. The molecular weight excluding hydrogens is 397 g/mol. The van der Waals surface area contributed by atoms with E-state index in [2.05, 4.69) is 5.32 Å². The number of urea groups is 1. The fourth-order valence-corrected chi connectivity index (χ4v) is 2.98. The average Bonchev–Trinajstić information content (AvgIpc) is 3.18. The number of furan rings is 1. The van der Waals surface area contributed by atoms with Crippen LogP contribution in [0.5, 0.6) is 0 Å². The van der Waals surface area contributed by atoms with Crippen molar-refractivity contribution < 1.29 is 9.21 Å². The summed E-state index contributed by atoms with van der Waals surface area (Å²) in [6.07, 6.45) is 1.59. The lowest BCUT2D eigenvalue weighted by molar-refractivity contribution is 0.201. The summed E-state index contributed by atoms with van der Waals surface area (Å²) in [5.41, 5.74) is 2.69. The summed E-state index contributed by atoms with van der Waals surface area (Å²) in [5.74, 6) is 0.703. The number of hydrogen-bond donors (Lipinski definition) is 1. The van der Waals surface area contributed by atoms with Crippen LogP contribution in [0.15, 0.2) is 65.3 Å². The van der Waals surface area contributed by atoms with Gasteiger partial charge in [0.2, 0.25) is 0 Å². The maximum Gasteiger partial charge on any atom is 0.322 e. The second-order valence-corrected chi connectivity index (χ2v) is 7.37. The van der Waals surface area contributed by atoms with E-state index in [0.29, 0.717) is 34.6 Å². The van der Waals surface area contributed by atoms with Crippen molar-refractivity contribution in [1.82, 2.24) is 4.90 Å². The number of anilines is 2. The molecule has 0 aliphatic rings. The molecule has 0 bridgehead atoms. The fourth-order valence-electron chi connectivity index (χ4n) is 2.69. The molecule has 0 spiro atoms. The van der Waals surface area contributed by atoms with Crippen molar-refractivity contribution in [2.45, 2.75) is 13.1 Å². The molecule has 0 radical (unpaired) electrons. The molecule has 1 heterocycles. The van der Waals surface area contributed by atoms with Gasteiger partial charge in [0.1, 0.15) is 5.76 Å². The summed E-state index contributed by atoms with van der Waals surface area (Å²) in [6.45, 7) is 0.775. The van der Waals surface area contributed by atoms with Crippen LogP contribution in [-0.4, -0.2) is 25.0 Å². The highest BCUT2D eigenvalue weighted by Crippen LogP contribution is 2.25. The third-order valence-corrected chi connectivity index (χ3v) is 4.95. The number of nitrogens with zero attached hydrogens (tertiary/aromatic N) is 2. The standard InChI is InChI=1S/C21H21Cl2N3O2/c1-25(2)17-8-5-15(6-9-17)13-26(14-18-4-3-11-28-18)21(27)24-16-7-10-19(22)20(23)12-16/h3-12H,13-14H2,1-2H3,(H,24,27). The molecule has 0 aliphatic carbocycles. The molecule has 3 aromatic rings. The fraction of sp³-hybridized carbons (Fsp3) is 0.190. The smallest absolute Gasteiger partial charge is 0.322 e. The quantitative estimate of drug-likeness (QED) is 0.543. The summed E-state index contributed by atoms with van der Waals surface area (Å²) in [7, 11) is 3.98. The van der Waals surface area contributed by atoms with Crippen LogP contribution >= 0.6 is 23.2 Å². The molecular formula is C21H21Cl2N3O2. The second-order valence-electron chi connectivity index (χ2n) is 6.56. The van der Waals surface area contributed by atoms with Crippen molar-refractivity contribution in [2.24, 2.45) is 0 Å². The average molecular weight is 418 g/mol. The Labute approximate surface area is 174 Å². The number of halogens is 2. The van der Waals surface area contributed by atoms with Crippen LogP contribution in [0.1, 0.15) is 11.3 Å². The third-order valence-electron chi connectivity index (χ3n) is 4.21. The largest absolute Gasteiger partial charge is 0.467 e. The zero-order valence-corrected chi connectivity index (χ0v) is 17.2. The summed E-state index contributed by atoms with van der Waals surface area (Å²) >= 11 is 12.0. The van der Waals surface area contributed by atoms with E-state index in [9.17, 15) is 4.79 Å². The van der Waals surface area contributed by atoms with Gasteiger partial charge in [-0.05, 0) is 48.0 Å². The van der Waals surface area contributed by atoms with E-state index < -0.39 is 0 Å². The molecule has 7 heteroatoms. The number of carbonyl (C=O) groups is 1. The number of benzene rings is 2. The van der Waals surface area contributed by atoms with Gasteiger partial charge < -0.3 is 19.5 Å². The van der Waals surface area contributed by atoms with Crippen LogP contribution < -0.4 is 10.2 Å². The number of amides is 2. The maximum atomic E-state index is 12.9. The number of nitrogens with one attached hydrogen (secondary N) is 1. The lowest BCUT2D eigenvalue weighted by Crippen LogP contribution is -2.34. The van der Waals surface area contributed by atoms with Crippen LogP contribution in [-0.2, 0) is 13.1 Å². The lowest BCUT2D eigenvalue weighted by atomic mass is 10.2. The van der Waals surface area contributed by atoms with E-state index in [1.165, 1.54) is 0 Å². The predicted octanol–water partition coefficient (Wildman–Crippen LogP) is 5.89. The second kappa shape index (κ2) is 9.04. The topological polar surface area (TPSA) is 48.7 Å². The SMILES string of the molecule is CN(C)c1ccc(CN(Cc2ccco2)C(=O)Nc2ccc(Cl)c(Cl)c2)cc1. The Hall–Kier alpha value is -2.63. The molecule has 2 aromatic carbocycles. The minimum Gasteiger partial charge on any atom is -0.467 e. The Morgan fingerprint density at radius 2 is 1.75 bits per heavy atom. The van der Waals surface area contributed by atoms with Gasteiger partial charge in [-0.25, -0.2) is 4.79 Å². The molecule has 0 saturated carbocycles. The Morgan fingerprint density at radius 1 is 1.00 bits per heavy atom. The molecule has 146 valence electrons. The molecule has 5 nitrogen and oxygen atoms in total. The normalized spacial score (nSPS) is 10.6. The minimum absolute atomic E-state index is 0.258. The van der Waals surface area contributed by atoms with Gasteiger partial charge in [-0.1, -0.05) is 35.3 Å². The van der Waals surface area contributed by atoms with Crippen LogP contribution in [0.25, 0.3) is 0 Å². The van der Waals surface area contributed by atoms with Gasteiger partial charge in [0, 0.05) is 32.0 Å². The number of hydrogen-bond acceptors (Lipinski definition) is 3. The number of carbonyl (C=O) groups excluding carboxylic acids is 1. The molecule has 28 heavy (non-hydrogen) atoms. The van der Waals surface area contributed by atoms with Gasteiger partial charge >= 0.3 is 6.03 Å². The van der Waals surface area contributed by atoms with Gasteiger partial charge in [-0.3, -0.25) is 0 Å². The Morgan fingerprint density at radius 3 is 2.36 bits per heavy atom. The van der Waals surface area contributed by atoms with Gasteiger partial charge in [0.05, 0.1) is 22.9 Å². The van der Waals surface area contributed by atoms with E-state index in [4.69, 9.17) is 27.6 Å². The van der Waals surface area contributed by atoms with Crippen LogP contribution in [0.3, 0.4) is 0 Å². The number of rotatable bonds is 6. The highest BCUT2D eigenvalue weighted by atomic mass is 35.5. The molecule has 0 fully saturated rings. The first-order chi connectivity index (χ1) is 13.4. The van der Waals surface area contributed by atoms with E-state index in [1.54, 1.807) is 35.4 Å². The van der Waals surface area contributed by atoms with Crippen molar-refractivity contribution in [3.05, 3.63) is 82.2 Å². The van der Waals surface area contributed by atoms with Gasteiger partial charge in [0.25, 0.3) is 0 Å². The highest BCUT2D eigenvalue weighted by molar-refractivity contribution is 6.42. The molecule has 0 unspecified atom stereocenters. The summed E-state index contributed by atoms with van der Waals surface area (Å²) in [4.78, 5) is 16.6. The molecule has 0 atom stereocenters. The predicted molar refractivity (Wildman–Crippen MR) is 114 cm³/mol. The monoisotopic (exact) mass is 417 g/mol. The van der Waals surface area contributed by atoms with Crippen LogP contribution in [0.4, 0.5) is 16.2 Å². The summed E-state index contributed by atoms with van der Waals surface area (Å²) in [5, 5.41) is 3.69. The van der Waals surface area contributed by atoms with Gasteiger partial charge in [-0.15, -0.1) is 0 Å². The molecule has 3 rings (SSSR count). The molecule has 1 aromatic heterocycles. The molecule has 0 aliphatic heterocycles. The first kappa shape index (κ1) is 20.1. The Bertz CT molecular complexity index is 925.